The van der Waals surface area contributed by atoms with Crippen molar-refractivity contribution in [3.05, 3.63) is 28.8 Å². The van der Waals surface area contributed by atoms with Crippen molar-refractivity contribution in [2.75, 3.05) is 13.2 Å². The lowest BCUT2D eigenvalue weighted by Gasteiger charge is -2.23. The van der Waals surface area contributed by atoms with Crippen molar-refractivity contribution >= 4 is 0 Å². The molecule has 1 aliphatic rings. The van der Waals surface area contributed by atoms with Gasteiger partial charge in [0, 0.05) is 0 Å². The molecule has 0 amide bonds. The van der Waals surface area contributed by atoms with Crippen LogP contribution in [-0.4, -0.2) is 13.2 Å². The van der Waals surface area contributed by atoms with Gasteiger partial charge in [-0.2, -0.15) is 0 Å². The molecule has 1 aromatic rings. The molecule has 0 atom stereocenters. The average Bonchev–Trinajstić information content (AvgIpc) is 3.10. The maximum atomic E-state index is 6.06. The monoisotopic (exact) mass is 261 g/mol. The van der Waals surface area contributed by atoms with E-state index in [9.17, 15) is 0 Å². The minimum Gasteiger partial charge on any atom is -0.493 e. The van der Waals surface area contributed by atoms with E-state index in [-0.39, 0.29) is 5.41 Å². The van der Waals surface area contributed by atoms with Crippen molar-refractivity contribution in [3.8, 4) is 5.75 Å². The lowest BCUT2D eigenvalue weighted by atomic mass is 9.84. The second-order valence-corrected chi connectivity index (χ2v) is 6.82. The summed E-state index contributed by atoms with van der Waals surface area (Å²) >= 11 is 0. The quantitative estimate of drug-likeness (QED) is 0.879. The van der Waals surface area contributed by atoms with Crippen LogP contribution in [0.4, 0.5) is 0 Å². The van der Waals surface area contributed by atoms with Crippen molar-refractivity contribution in [3.63, 3.8) is 0 Å². The van der Waals surface area contributed by atoms with Crippen molar-refractivity contribution < 1.29 is 4.74 Å². The van der Waals surface area contributed by atoms with Crippen LogP contribution in [-0.2, 0) is 11.8 Å². The highest BCUT2D eigenvalue weighted by Crippen LogP contribution is 2.34. The summed E-state index contributed by atoms with van der Waals surface area (Å²) in [5, 5.41) is 0. The number of ether oxygens (including phenoxy) is 1. The Morgan fingerprint density at radius 2 is 1.95 bits per heavy atom. The summed E-state index contributed by atoms with van der Waals surface area (Å²) < 4.78 is 6.06. The largest absolute Gasteiger partial charge is 0.493 e. The standard InChI is InChI=1S/C17H27NO/c1-12-9-15(17(2,3)4)10-14(7-8-18)16(12)19-11-13-5-6-13/h9-10,13H,5-8,11,18H2,1-4H3. The first-order chi connectivity index (χ1) is 8.91. The lowest BCUT2D eigenvalue weighted by Crippen LogP contribution is -2.14. The first kappa shape index (κ1) is 14.4. The molecule has 0 unspecified atom stereocenters. The van der Waals surface area contributed by atoms with Gasteiger partial charge in [-0.3, -0.25) is 0 Å². The summed E-state index contributed by atoms with van der Waals surface area (Å²) in [4.78, 5) is 0. The highest BCUT2D eigenvalue weighted by Gasteiger charge is 2.23. The van der Waals surface area contributed by atoms with Gasteiger partial charge in [0.15, 0.2) is 0 Å². The van der Waals surface area contributed by atoms with E-state index in [0.717, 1.165) is 24.7 Å². The van der Waals surface area contributed by atoms with E-state index >= 15 is 0 Å². The van der Waals surface area contributed by atoms with E-state index in [1.54, 1.807) is 0 Å². The minimum absolute atomic E-state index is 0.170. The number of benzene rings is 1. The second-order valence-electron chi connectivity index (χ2n) is 6.82. The molecule has 0 heterocycles. The van der Waals surface area contributed by atoms with Gasteiger partial charge in [-0.25, -0.2) is 0 Å². The van der Waals surface area contributed by atoms with E-state index in [1.165, 1.54) is 29.5 Å². The van der Waals surface area contributed by atoms with Gasteiger partial charge in [-0.1, -0.05) is 32.9 Å². The Hall–Kier alpha value is -1.02. The fourth-order valence-corrected chi connectivity index (χ4v) is 2.31. The van der Waals surface area contributed by atoms with Crippen molar-refractivity contribution in [1.82, 2.24) is 0 Å². The maximum Gasteiger partial charge on any atom is 0.125 e. The number of hydrogen-bond donors (Lipinski definition) is 1. The highest BCUT2D eigenvalue weighted by molar-refractivity contribution is 5.46. The highest BCUT2D eigenvalue weighted by atomic mass is 16.5. The van der Waals surface area contributed by atoms with Crippen molar-refractivity contribution in [1.29, 1.82) is 0 Å². The van der Waals surface area contributed by atoms with Gasteiger partial charge in [0.2, 0.25) is 0 Å². The summed E-state index contributed by atoms with van der Waals surface area (Å²) in [6, 6.07) is 4.55. The Morgan fingerprint density at radius 3 is 2.47 bits per heavy atom. The first-order valence-corrected chi connectivity index (χ1v) is 7.38. The van der Waals surface area contributed by atoms with Gasteiger partial charge in [-0.15, -0.1) is 0 Å². The van der Waals surface area contributed by atoms with E-state index < -0.39 is 0 Å². The van der Waals surface area contributed by atoms with Crippen LogP contribution in [0, 0.1) is 12.8 Å². The van der Waals surface area contributed by atoms with E-state index in [4.69, 9.17) is 10.5 Å². The Morgan fingerprint density at radius 1 is 1.26 bits per heavy atom. The van der Waals surface area contributed by atoms with E-state index in [0.29, 0.717) is 6.54 Å². The molecule has 106 valence electrons. The SMILES string of the molecule is Cc1cc(C(C)(C)C)cc(CCN)c1OCC1CC1. The van der Waals surface area contributed by atoms with Gasteiger partial charge < -0.3 is 10.5 Å². The molecular weight excluding hydrogens is 234 g/mol. The summed E-state index contributed by atoms with van der Waals surface area (Å²) in [7, 11) is 0. The smallest absolute Gasteiger partial charge is 0.125 e. The van der Waals surface area contributed by atoms with Crippen LogP contribution in [0.5, 0.6) is 5.75 Å². The molecule has 0 saturated heterocycles. The molecule has 2 heteroatoms. The maximum absolute atomic E-state index is 6.06. The molecular formula is C17H27NO. The predicted octanol–water partition coefficient (Wildman–Crippen LogP) is 3.58. The number of rotatable bonds is 5. The molecule has 1 aliphatic carbocycles. The zero-order valence-corrected chi connectivity index (χ0v) is 12.8. The molecule has 2 rings (SSSR count). The van der Waals surface area contributed by atoms with Crippen molar-refractivity contribution in [2.45, 2.75) is 52.4 Å². The molecule has 1 fully saturated rings. The van der Waals surface area contributed by atoms with Crippen molar-refractivity contribution in [2.24, 2.45) is 11.7 Å². The third kappa shape index (κ3) is 3.73. The zero-order chi connectivity index (χ0) is 14.0. The molecule has 19 heavy (non-hydrogen) atoms. The molecule has 0 bridgehead atoms. The molecule has 1 aromatic carbocycles. The van der Waals surface area contributed by atoms with Crippen LogP contribution in [0.25, 0.3) is 0 Å². The summed E-state index contributed by atoms with van der Waals surface area (Å²) in [5.74, 6) is 1.86. The van der Waals surface area contributed by atoms with Gasteiger partial charge in [0.1, 0.15) is 5.75 Å². The molecule has 0 aliphatic heterocycles. The number of hydrogen-bond acceptors (Lipinski definition) is 2. The number of aryl methyl sites for hydroxylation is 1. The normalized spacial score (nSPS) is 15.6. The Bertz CT molecular complexity index is 441. The molecule has 2 nitrogen and oxygen atoms in total. The Labute approximate surface area is 117 Å². The van der Waals surface area contributed by atoms with Gasteiger partial charge in [-0.05, 0) is 60.8 Å². The zero-order valence-electron chi connectivity index (χ0n) is 12.8. The van der Waals surface area contributed by atoms with E-state index in [1.807, 2.05) is 0 Å². The van der Waals surface area contributed by atoms with E-state index in [2.05, 4.69) is 39.8 Å². The summed E-state index contributed by atoms with van der Waals surface area (Å²) in [5.41, 5.74) is 9.81. The van der Waals surface area contributed by atoms with Crippen LogP contribution >= 0.6 is 0 Å². The fraction of sp³-hybridized carbons (Fsp3) is 0.647. The van der Waals surface area contributed by atoms with Gasteiger partial charge >= 0.3 is 0 Å². The first-order valence-electron chi connectivity index (χ1n) is 7.38. The third-order valence-electron chi connectivity index (χ3n) is 3.79. The summed E-state index contributed by atoms with van der Waals surface area (Å²) in [6.07, 6.45) is 3.54. The van der Waals surface area contributed by atoms with Crippen LogP contribution in [0.2, 0.25) is 0 Å². The Balaban J connectivity index is 2.28. The average molecular weight is 261 g/mol. The lowest BCUT2D eigenvalue weighted by molar-refractivity contribution is 0.294. The Kier molecular flexibility index (Phi) is 4.19. The van der Waals surface area contributed by atoms with Crippen LogP contribution in [0.1, 0.15) is 50.3 Å². The molecule has 0 spiro atoms. The molecule has 1 saturated carbocycles. The fourth-order valence-electron chi connectivity index (χ4n) is 2.31. The van der Waals surface area contributed by atoms with Crippen LogP contribution < -0.4 is 10.5 Å². The topological polar surface area (TPSA) is 35.2 Å². The summed E-state index contributed by atoms with van der Waals surface area (Å²) in [6.45, 7) is 10.4. The molecule has 2 N–H and O–H groups in total. The van der Waals surface area contributed by atoms with Crippen LogP contribution in [0.3, 0.4) is 0 Å². The third-order valence-corrected chi connectivity index (χ3v) is 3.79. The predicted molar refractivity (Wildman–Crippen MR) is 80.9 cm³/mol. The van der Waals surface area contributed by atoms with Gasteiger partial charge in [0.25, 0.3) is 0 Å². The van der Waals surface area contributed by atoms with Crippen LogP contribution in [0.15, 0.2) is 12.1 Å². The number of nitrogens with two attached hydrogens (primary N) is 1. The molecule has 0 radical (unpaired) electrons. The second kappa shape index (κ2) is 5.54. The van der Waals surface area contributed by atoms with Gasteiger partial charge in [0.05, 0.1) is 6.61 Å². The molecule has 0 aromatic heterocycles. The minimum atomic E-state index is 0.170.